The lowest BCUT2D eigenvalue weighted by atomic mass is 10.0. The summed E-state index contributed by atoms with van der Waals surface area (Å²) in [4.78, 5) is 24.3. The van der Waals surface area contributed by atoms with Gasteiger partial charge in [0.1, 0.15) is 11.5 Å². The van der Waals surface area contributed by atoms with E-state index in [1.807, 2.05) is 0 Å². The van der Waals surface area contributed by atoms with Crippen molar-refractivity contribution < 1.29 is 40.2 Å². The predicted octanol–water partition coefficient (Wildman–Crippen LogP) is 1.93. The van der Waals surface area contributed by atoms with Gasteiger partial charge in [0.25, 0.3) is 0 Å². The Morgan fingerprint density at radius 2 is 1.86 bits per heavy atom. The minimum atomic E-state index is -5.20. The number of rotatable bonds is 6. The number of hydrogen-bond acceptors (Lipinski definition) is 8. The Morgan fingerprint density at radius 3 is 2.45 bits per heavy atom. The number of benzene rings is 2. The van der Waals surface area contributed by atoms with Crippen LogP contribution in [0.3, 0.4) is 0 Å². The normalized spacial score (nSPS) is 21.0. The third kappa shape index (κ3) is 4.54. The van der Waals surface area contributed by atoms with Crippen molar-refractivity contribution in [1.82, 2.24) is 0 Å². The molecule has 0 spiro atoms. The lowest BCUT2D eigenvalue weighted by Gasteiger charge is -2.10. The second-order valence-electron chi connectivity index (χ2n) is 5.67. The minimum Gasteiger partial charge on any atom is -0.465 e. The molecule has 1 atom stereocenters. The molecule has 0 bridgehead atoms. The second-order valence-corrected chi connectivity index (χ2v) is 6.95. The van der Waals surface area contributed by atoms with Gasteiger partial charge < -0.3 is 19.4 Å². The van der Waals surface area contributed by atoms with Crippen molar-refractivity contribution >= 4 is 21.9 Å². The van der Waals surface area contributed by atoms with Crippen molar-refractivity contribution in [1.29, 1.82) is 0 Å². The number of ether oxygens (including phenoxy) is 2. The Balaban J connectivity index is 1.89. The van der Waals surface area contributed by atoms with Crippen LogP contribution >= 0.6 is 0 Å². The molecule has 0 unspecified atom stereocenters. The molecule has 0 aromatic heterocycles. The second kappa shape index (κ2) is 7.92. The van der Waals surface area contributed by atoms with Crippen LogP contribution in [0.2, 0.25) is 0 Å². The molecule has 0 aliphatic carbocycles. The molecule has 0 saturated carbocycles. The van der Waals surface area contributed by atoms with Gasteiger partial charge in [0.2, 0.25) is 17.4 Å². The van der Waals surface area contributed by atoms with E-state index in [2.05, 4.69) is 8.92 Å². The largest absolute Gasteiger partial charge is 0.465 e. The number of halogens is 1. The number of Topliss-reactive ketones (excluding diaryl/α,β-unsaturated/α-hetero) is 1. The molecule has 10 heteroatoms. The van der Waals surface area contributed by atoms with E-state index in [0.29, 0.717) is 0 Å². The summed E-state index contributed by atoms with van der Waals surface area (Å²) >= 11 is 0. The molecule has 8 nitrogen and oxygen atoms in total. The zero-order valence-electron chi connectivity index (χ0n) is 17.8. The van der Waals surface area contributed by atoms with Crippen LogP contribution in [0.25, 0.3) is 0 Å². The first kappa shape index (κ1) is 16.5. The molecular weight excluding hydrogens is 405 g/mol. The van der Waals surface area contributed by atoms with Crippen molar-refractivity contribution in [2.45, 2.75) is 11.8 Å². The number of carbonyl (C=O) groups excluding carboxylic acids is 2. The Bertz CT molecular complexity index is 1210. The standard InChI is InChI=1S/C19H16FNO7S/c1-26-19(23)13-6-4-12(5-7-13)16-15(22)17(18(21)27-16)28-29(24,25)10-11-2-8-14(20)9-3-11/h2-9,16H,10,21H2,1H3/t16-/m1/s1/i10D2,16D. The highest BCUT2D eigenvalue weighted by atomic mass is 32.2. The van der Waals surface area contributed by atoms with Crippen LogP contribution in [0.4, 0.5) is 4.39 Å². The van der Waals surface area contributed by atoms with Gasteiger partial charge in [-0.2, -0.15) is 8.42 Å². The van der Waals surface area contributed by atoms with Crippen molar-refractivity contribution in [3.05, 3.63) is 82.7 Å². The Kier molecular flexibility index (Phi) is 4.52. The Labute approximate surface area is 170 Å². The fraction of sp³-hybridized carbons (Fsp3) is 0.158. The first-order valence-corrected chi connectivity index (χ1v) is 9.37. The van der Waals surface area contributed by atoms with E-state index < -0.39 is 56.7 Å². The van der Waals surface area contributed by atoms with Crippen LogP contribution in [-0.4, -0.2) is 27.3 Å². The quantitative estimate of drug-likeness (QED) is 0.551. The van der Waals surface area contributed by atoms with Crippen LogP contribution in [0.5, 0.6) is 0 Å². The third-order valence-electron chi connectivity index (χ3n) is 3.70. The lowest BCUT2D eigenvalue weighted by molar-refractivity contribution is -0.123. The first-order valence-electron chi connectivity index (χ1n) is 9.46. The average Bonchev–Trinajstić information content (AvgIpc) is 2.97. The van der Waals surface area contributed by atoms with Gasteiger partial charge in [-0.05, 0) is 29.8 Å². The van der Waals surface area contributed by atoms with Crippen molar-refractivity contribution in [3.63, 3.8) is 0 Å². The van der Waals surface area contributed by atoms with Crippen LogP contribution in [-0.2, 0) is 34.3 Å². The van der Waals surface area contributed by atoms with Gasteiger partial charge in [-0.3, -0.25) is 4.79 Å². The van der Waals surface area contributed by atoms with Gasteiger partial charge in [-0.15, -0.1) is 0 Å². The van der Waals surface area contributed by atoms with Crippen molar-refractivity contribution in [2.75, 3.05) is 7.11 Å². The Hall–Kier alpha value is -3.40. The molecule has 2 aromatic carbocycles. The molecule has 2 N–H and O–H groups in total. The van der Waals surface area contributed by atoms with Crippen LogP contribution in [0.15, 0.2) is 60.2 Å². The van der Waals surface area contributed by atoms with Gasteiger partial charge in [0.15, 0.2) is 6.08 Å². The van der Waals surface area contributed by atoms with E-state index in [-0.39, 0.29) is 11.1 Å². The van der Waals surface area contributed by atoms with E-state index >= 15 is 0 Å². The average molecular weight is 424 g/mol. The molecule has 0 fully saturated rings. The van der Waals surface area contributed by atoms with E-state index in [4.69, 9.17) is 14.6 Å². The van der Waals surface area contributed by atoms with E-state index in [9.17, 15) is 22.4 Å². The molecule has 2 aromatic rings. The smallest absolute Gasteiger partial charge is 0.337 e. The molecule has 3 rings (SSSR count). The van der Waals surface area contributed by atoms with Crippen molar-refractivity contribution in [2.24, 2.45) is 5.73 Å². The number of methoxy groups -OCH3 is 1. The Morgan fingerprint density at radius 1 is 1.24 bits per heavy atom. The van der Waals surface area contributed by atoms with Gasteiger partial charge in [-0.25, -0.2) is 9.18 Å². The molecule has 1 aliphatic rings. The highest BCUT2D eigenvalue weighted by Gasteiger charge is 2.39. The summed E-state index contributed by atoms with van der Waals surface area (Å²) in [6.07, 6.45) is -2.54. The van der Waals surface area contributed by atoms with Crippen LogP contribution < -0.4 is 5.73 Å². The van der Waals surface area contributed by atoms with Gasteiger partial charge in [0, 0.05) is 5.56 Å². The maximum Gasteiger partial charge on any atom is 0.337 e. The molecule has 1 aliphatic heterocycles. The highest BCUT2D eigenvalue weighted by molar-refractivity contribution is 7.86. The molecular formula is C19H16FNO7S. The molecule has 29 heavy (non-hydrogen) atoms. The third-order valence-corrected chi connectivity index (χ3v) is 4.57. The maximum absolute atomic E-state index is 13.1. The van der Waals surface area contributed by atoms with Gasteiger partial charge >= 0.3 is 16.1 Å². The molecule has 152 valence electrons. The molecule has 0 amide bonds. The summed E-state index contributed by atoms with van der Waals surface area (Å²) in [5.74, 6) is -4.61. The minimum absolute atomic E-state index is 0.101. The number of carbonyl (C=O) groups is 2. The SMILES string of the molecule is [2H]C([2H])(c1ccc(F)cc1)S(=O)(=O)OC1=C(N)O[C@]([2H])(c2ccc(C(=O)OC)cc2)C1=O. The summed E-state index contributed by atoms with van der Waals surface area (Å²) < 4.78 is 76.7. The highest BCUT2D eigenvalue weighted by Crippen LogP contribution is 2.32. The fourth-order valence-electron chi connectivity index (χ4n) is 2.35. The lowest BCUT2D eigenvalue weighted by Crippen LogP contribution is -2.16. The van der Waals surface area contributed by atoms with Crippen LogP contribution in [0.1, 0.15) is 31.7 Å². The number of esters is 1. The fourth-order valence-corrected chi connectivity index (χ4v) is 3.20. The number of nitrogens with two attached hydrogens (primary N) is 1. The molecule has 0 radical (unpaired) electrons. The van der Waals surface area contributed by atoms with Gasteiger partial charge in [0.05, 0.1) is 16.8 Å². The molecule has 0 saturated heterocycles. The summed E-state index contributed by atoms with van der Waals surface area (Å²) in [5, 5.41) is 0. The predicted molar refractivity (Wildman–Crippen MR) is 97.9 cm³/mol. The summed E-state index contributed by atoms with van der Waals surface area (Å²) in [5.41, 5.74) is 1.94. The van der Waals surface area contributed by atoms with Gasteiger partial charge in [-0.1, -0.05) is 24.3 Å². The summed E-state index contributed by atoms with van der Waals surface area (Å²) in [6.45, 7) is 0. The van der Waals surface area contributed by atoms with E-state index in [1.54, 1.807) is 0 Å². The van der Waals surface area contributed by atoms with Crippen molar-refractivity contribution in [3.8, 4) is 0 Å². The zero-order valence-corrected chi connectivity index (χ0v) is 15.7. The molecule has 1 heterocycles. The topological polar surface area (TPSA) is 122 Å². The number of hydrogen-bond donors (Lipinski definition) is 1. The monoisotopic (exact) mass is 424 g/mol. The van der Waals surface area contributed by atoms with E-state index in [0.717, 1.165) is 24.3 Å². The van der Waals surface area contributed by atoms with E-state index in [1.165, 1.54) is 31.4 Å². The van der Waals surface area contributed by atoms with Crippen LogP contribution in [0, 0.1) is 5.82 Å². The summed E-state index contributed by atoms with van der Waals surface area (Å²) in [6, 6.07) is 8.44. The summed E-state index contributed by atoms with van der Waals surface area (Å²) in [7, 11) is -4.03. The first-order chi connectivity index (χ1) is 14.8. The zero-order chi connectivity index (χ0) is 23.9. The maximum atomic E-state index is 13.1. The number of ketones is 1.